The Hall–Kier alpha value is -1.58. The highest BCUT2D eigenvalue weighted by Gasteiger charge is 2.29. The summed E-state index contributed by atoms with van der Waals surface area (Å²) in [6, 6.07) is 3.60. The van der Waals surface area contributed by atoms with Gasteiger partial charge in [-0.2, -0.15) is 0 Å². The number of hydrogen-bond donors (Lipinski definition) is 1. The van der Waals surface area contributed by atoms with Crippen LogP contribution in [-0.4, -0.2) is 27.6 Å². The minimum atomic E-state index is -0.868. The molecule has 1 atom stereocenters. The highest BCUT2D eigenvalue weighted by atomic mass is 16.4. The fraction of sp³-hybridized carbons (Fsp3) is 0.300. The highest BCUT2D eigenvalue weighted by Crippen LogP contribution is 2.30. The molecule has 2 heterocycles. The van der Waals surface area contributed by atoms with Gasteiger partial charge >= 0.3 is 6.09 Å². The van der Waals surface area contributed by atoms with Gasteiger partial charge in [-0.05, 0) is 24.5 Å². The molecule has 1 aliphatic rings. The number of amides is 1. The molecule has 1 aromatic rings. The van der Waals surface area contributed by atoms with E-state index >= 15 is 0 Å². The minimum absolute atomic E-state index is 0.124. The van der Waals surface area contributed by atoms with E-state index in [0.717, 1.165) is 12.0 Å². The molecule has 1 fully saturated rings. The normalized spacial score (nSPS) is 21.1. The van der Waals surface area contributed by atoms with Crippen molar-refractivity contribution < 1.29 is 9.90 Å². The molecule has 1 aromatic heterocycles. The summed E-state index contributed by atoms with van der Waals surface area (Å²) in [4.78, 5) is 16.3. The number of rotatable bonds is 1. The maximum atomic E-state index is 10.9. The number of pyridine rings is 1. The first kappa shape index (κ1) is 8.99. The first-order valence-corrected chi connectivity index (χ1v) is 4.52. The van der Waals surface area contributed by atoms with Crippen LogP contribution >= 0.6 is 0 Å². The van der Waals surface area contributed by atoms with Crippen LogP contribution in [0.25, 0.3) is 0 Å². The second kappa shape index (κ2) is 3.65. The van der Waals surface area contributed by atoms with E-state index in [1.807, 2.05) is 18.6 Å². The predicted molar refractivity (Wildman–Crippen MR) is 50.6 cm³/mol. The van der Waals surface area contributed by atoms with Crippen molar-refractivity contribution in [2.45, 2.75) is 12.5 Å². The van der Waals surface area contributed by atoms with Crippen molar-refractivity contribution in [2.75, 3.05) is 6.54 Å². The Labute approximate surface area is 82.2 Å². The van der Waals surface area contributed by atoms with Gasteiger partial charge in [-0.15, -0.1) is 0 Å². The van der Waals surface area contributed by atoms with Crippen LogP contribution in [0.1, 0.15) is 18.0 Å². The van der Waals surface area contributed by atoms with E-state index in [-0.39, 0.29) is 6.04 Å². The van der Waals surface area contributed by atoms with Crippen molar-refractivity contribution in [2.24, 2.45) is 0 Å². The van der Waals surface area contributed by atoms with Gasteiger partial charge in [-0.1, -0.05) is 6.07 Å². The molecule has 2 rings (SSSR count). The molecular formula is C10H11N2O2. The second-order valence-electron chi connectivity index (χ2n) is 3.23. The first-order valence-electron chi connectivity index (χ1n) is 4.52. The lowest BCUT2D eigenvalue weighted by Gasteiger charge is -2.20. The highest BCUT2D eigenvalue weighted by molar-refractivity contribution is 5.66. The van der Waals surface area contributed by atoms with Gasteiger partial charge in [0, 0.05) is 18.9 Å². The van der Waals surface area contributed by atoms with Gasteiger partial charge in [-0.3, -0.25) is 4.98 Å². The molecule has 0 spiro atoms. The van der Waals surface area contributed by atoms with E-state index in [4.69, 9.17) is 5.11 Å². The van der Waals surface area contributed by atoms with Crippen LogP contribution in [0.3, 0.4) is 0 Å². The molecule has 0 saturated carbocycles. The fourth-order valence-electron chi connectivity index (χ4n) is 1.72. The third kappa shape index (κ3) is 1.55. The maximum absolute atomic E-state index is 10.9. The van der Waals surface area contributed by atoms with Gasteiger partial charge in [0.2, 0.25) is 0 Å². The molecule has 1 unspecified atom stereocenters. The van der Waals surface area contributed by atoms with Gasteiger partial charge in [-0.25, -0.2) is 4.79 Å². The van der Waals surface area contributed by atoms with Crippen LogP contribution in [0, 0.1) is 6.42 Å². The van der Waals surface area contributed by atoms with Crippen LogP contribution in [0.2, 0.25) is 0 Å². The van der Waals surface area contributed by atoms with E-state index in [2.05, 4.69) is 4.98 Å². The maximum Gasteiger partial charge on any atom is 0.407 e. The Bertz CT molecular complexity index is 326. The number of nitrogens with zero attached hydrogens (tertiary/aromatic N) is 2. The third-order valence-electron chi connectivity index (χ3n) is 2.37. The number of likely N-dealkylation sites (tertiary alicyclic amines) is 1. The third-order valence-corrected chi connectivity index (χ3v) is 2.37. The van der Waals surface area contributed by atoms with E-state index in [9.17, 15) is 4.79 Å². The van der Waals surface area contributed by atoms with E-state index in [1.54, 1.807) is 12.4 Å². The minimum Gasteiger partial charge on any atom is -0.465 e. The van der Waals surface area contributed by atoms with Crippen molar-refractivity contribution in [3.8, 4) is 0 Å². The Morgan fingerprint density at radius 2 is 2.50 bits per heavy atom. The summed E-state index contributed by atoms with van der Waals surface area (Å²) in [5.41, 5.74) is 0.937. The molecule has 1 aliphatic heterocycles. The van der Waals surface area contributed by atoms with Gasteiger partial charge in [0.25, 0.3) is 0 Å². The van der Waals surface area contributed by atoms with E-state index < -0.39 is 6.09 Å². The topological polar surface area (TPSA) is 53.4 Å². The monoisotopic (exact) mass is 191 g/mol. The smallest absolute Gasteiger partial charge is 0.407 e. The Morgan fingerprint density at radius 1 is 1.64 bits per heavy atom. The Morgan fingerprint density at radius 3 is 3.14 bits per heavy atom. The lowest BCUT2D eigenvalue weighted by Crippen LogP contribution is -2.28. The molecule has 1 saturated heterocycles. The van der Waals surface area contributed by atoms with Crippen molar-refractivity contribution in [1.82, 2.24) is 9.88 Å². The number of hydrogen-bond acceptors (Lipinski definition) is 2. The number of carboxylic acid groups (broad SMARTS) is 1. The summed E-state index contributed by atoms with van der Waals surface area (Å²) in [5, 5.41) is 8.93. The van der Waals surface area contributed by atoms with Gasteiger partial charge in [0.05, 0.1) is 6.04 Å². The molecule has 1 N–H and O–H groups in total. The zero-order valence-corrected chi connectivity index (χ0v) is 7.63. The first-order chi connectivity index (χ1) is 6.79. The molecule has 73 valence electrons. The number of aromatic nitrogens is 1. The molecule has 0 aromatic carbocycles. The summed E-state index contributed by atoms with van der Waals surface area (Å²) >= 11 is 0. The zero-order chi connectivity index (χ0) is 9.97. The summed E-state index contributed by atoms with van der Waals surface area (Å²) in [7, 11) is 0. The van der Waals surface area contributed by atoms with Gasteiger partial charge < -0.3 is 10.0 Å². The quantitative estimate of drug-likeness (QED) is 0.735. The standard InChI is InChI=1S/C10H11N2O2/c13-10(14)12-6-2-4-9(12)8-3-1-5-11-7-8/h1,3-5,7,9H,2,6H2,(H,13,14). The molecule has 1 amide bonds. The summed E-state index contributed by atoms with van der Waals surface area (Å²) < 4.78 is 0. The summed E-state index contributed by atoms with van der Waals surface area (Å²) in [6.07, 6.45) is 5.34. The molecule has 1 radical (unpaired) electrons. The average molecular weight is 191 g/mol. The SMILES string of the molecule is O=C(O)N1CC[CH]C1c1cccnc1. The predicted octanol–water partition coefficient (Wildman–Crippen LogP) is 1.71. The lowest BCUT2D eigenvalue weighted by molar-refractivity contribution is 0.143. The molecule has 0 bridgehead atoms. The zero-order valence-electron chi connectivity index (χ0n) is 7.63. The Balaban J connectivity index is 2.22. The van der Waals surface area contributed by atoms with Crippen LogP contribution < -0.4 is 0 Å². The van der Waals surface area contributed by atoms with E-state index in [0.29, 0.717) is 6.54 Å². The van der Waals surface area contributed by atoms with Crippen LogP contribution in [0.4, 0.5) is 4.79 Å². The van der Waals surface area contributed by atoms with Crippen molar-refractivity contribution in [1.29, 1.82) is 0 Å². The molecule has 4 nitrogen and oxygen atoms in total. The van der Waals surface area contributed by atoms with Crippen LogP contribution in [0.15, 0.2) is 24.5 Å². The second-order valence-corrected chi connectivity index (χ2v) is 3.23. The van der Waals surface area contributed by atoms with Gasteiger partial charge in [0.15, 0.2) is 0 Å². The molecular weight excluding hydrogens is 180 g/mol. The molecule has 0 aliphatic carbocycles. The van der Waals surface area contributed by atoms with Crippen molar-refractivity contribution in [3.63, 3.8) is 0 Å². The largest absolute Gasteiger partial charge is 0.465 e. The van der Waals surface area contributed by atoms with Crippen LogP contribution in [0.5, 0.6) is 0 Å². The van der Waals surface area contributed by atoms with E-state index in [1.165, 1.54) is 4.90 Å². The number of carbonyl (C=O) groups is 1. The summed E-state index contributed by atoms with van der Waals surface area (Å²) in [5.74, 6) is 0. The lowest BCUT2D eigenvalue weighted by atomic mass is 10.1. The van der Waals surface area contributed by atoms with Gasteiger partial charge in [0.1, 0.15) is 0 Å². The average Bonchev–Trinajstić information content (AvgIpc) is 2.67. The Kier molecular flexibility index (Phi) is 2.35. The molecule has 4 heteroatoms. The molecule has 14 heavy (non-hydrogen) atoms. The van der Waals surface area contributed by atoms with Crippen LogP contribution in [-0.2, 0) is 0 Å². The fourth-order valence-corrected chi connectivity index (χ4v) is 1.72. The van der Waals surface area contributed by atoms with Crippen molar-refractivity contribution in [3.05, 3.63) is 36.5 Å². The summed E-state index contributed by atoms with van der Waals surface area (Å²) in [6.45, 7) is 0.578. The van der Waals surface area contributed by atoms with Crippen molar-refractivity contribution >= 4 is 6.09 Å².